The summed E-state index contributed by atoms with van der Waals surface area (Å²) in [5.41, 5.74) is 1.20. The molecule has 0 bridgehead atoms. The van der Waals surface area contributed by atoms with E-state index in [1.807, 2.05) is 26.1 Å². The van der Waals surface area contributed by atoms with E-state index in [2.05, 4.69) is 27.2 Å². The predicted molar refractivity (Wildman–Crippen MR) is 84.8 cm³/mol. The molecule has 2 aromatic heterocycles. The summed E-state index contributed by atoms with van der Waals surface area (Å²) < 4.78 is 16.0. The highest BCUT2D eigenvalue weighted by atomic mass is 16.5. The van der Waals surface area contributed by atoms with E-state index in [-0.39, 0.29) is 0 Å². The van der Waals surface area contributed by atoms with Gasteiger partial charge in [-0.15, -0.1) is 0 Å². The predicted octanol–water partition coefficient (Wildman–Crippen LogP) is 3.36. The highest BCUT2D eigenvalue weighted by Gasteiger charge is 2.12. The first-order chi connectivity index (χ1) is 11.2. The Kier molecular flexibility index (Phi) is 4.73. The van der Waals surface area contributed by atoms with Crippen molar-refractivity contribution in [3.05, 3.63) is 54.1 Å². The Labute approximate surface area is 134 Å². The third-order valence-corrected chi connectivity index (χ3v) is 3.30. The van der Waals surface area contributed by atoms with Crippen molar-refractivity contribution in [1.82, 2.24) is 15.0 Å². The van der Waals surface area contributed by atoms with E-state index in [9.17, 15) is 0 Å². The summed E-state index contributed by atoms with van der Waals surface area (Å²) >= 11 is 0. The van der Waals surface area contributed by atoms with Crippen molar-refractivity contribution in [2.75, 3.05) is 13.7 Å². The molecule has 0 spiro atoms. The fraction of sp³-hybridized carbons (Fsp3) is 0.294. The number of hydrogen-bond acceptors (Lipinski definition) is 6. The fourth-order valence-corrected chi connectivity index (χ4v) is 2.28. The molecule has 6 nitrogen and oxygen atoms in total. The molecule has 1 aromatic carbocycles. The molecular formula is C17H19N3O3. The lowest BCUT2D eigenvalue weighted by atomic mass is 10.2. The van der Waals surface area contributed by atoms with E-state index < -0.39 is 0 Å². The van der Waals surface area contributed by atoms with Crippen LogP contribution in [0.3, 0.4) is 0 Å². The van der Waals surface area contributed by atoms with E-state index in [0.717, 1.165) is 12.3 Å². The van der Waals surface area contributed by atoms with Crippen LogP contribution in [-0.2, 0) is 13.1 Å². The van der Waals surface area contributed by atoms with E-state index >= 15 is 0 Å². The summed E-state index contributed by atoms with van der Waals surface area (Å²) in [4.78, 5) is 6.45. The maximum Gasteiger partial charge on any atom is 0.241 e. The Balaban J connectivity index is 1.57. The van der Waals surface area contributed by atoms with Crippen LogP contribution in [-0.4, -0.2) is 28.7 Å². The average molecular weight is 313 g/mol. The Morgan fingerprint density at radius 2 is 1.96 bits per heavy atom. The summed E-state index contributed by atoms with van der Waals surface area (Å²) in [6.45, 7) is 4.00. The molecule has 3 rings (SSSR count). The second-order valence-electron chi connectivity index (χ2n) is 5.24. The minimum absolute atomic E-state index is 0.472. The molecule has 0 N–H and O–H groups in total. The van der Waals surface area contributed by atoms with Gasteiger partial charge in [0, 0.05) is 6.54 Å². The number of benzene rings is 1. The quantitative estimate of drug-likeness (QED) is 0.666. The first-order valence-electron chi connectivity index (χ1n) is 7.51. The number of hydrogen-bond donors (Lipinski definition) is 0. The molecule has 0 saturated carbocycles. The molecule has 2 heterocycles. The van der Waals surface area contributed by atoms with Crippen LogP contribution in [0.15, 0.2) is 51.6 Å². The van der Waals surface area contributed by atoms with E-state index in [0.29, 0.717) is 30.6 Å². The molecule has 6 heteroatoms. The molecular weight excluding hydrogens is 294 g/mol. The Morgan fingerprint density at radius 3 is 2.65 bits per heavy atom. The van der Waals surface area contributed by atoms with Crippen LogP contribution in [0.2, 0.25) is 0 Å². The SMILES string of the molecule is CCOc1ccc(CN(C)Cc2nc(-c3ccco3)no2)cc1. The summed E-state index contributed by atoms with van der Waals surface area (Å²) in [6, 6.07) is 11.7. The van der Waals surface area contributed by atoms with Gasteiger partial charge in [0.1, 0.15) is 5.75 Å². The minimum atomic E-state index is 0.472. The normalized spacial score (nSPS) is 11.1. The molecule has 0 unspecified atom stereocenters. The first kappa shape index (κ1) is 15.3. The molecule has 0 atom stereocenters. The van der Waals surface area contributed by atoms with Crippen molar-refractivity contribution < 1.29 is 13.7 Å². The van der Waals surface area contributed by atoms with Crippen LogP contribution in [0, 0.1) is 0 Å². The topological polar surface area (TPSA) is 64.5 Å². The lowest BCUT2D eigenvalue weighted by Crippen LogP contribution is -2.17. The summed E-state index contributed by atoms with van der Waals surface area (Å²) in [7, 11) is 2.01. The molecule has 0 aliphatic carbocycles. The van der Waals surface area contributed by atoms with Gasteiger partial charge in [0.05, 0.1) is 19.4 Å². The van der Waals surface area contributed by atoms with Crippen molar-refractivity contribution in [2.24, 2.45) is 0 Å². The number of furan rings is 1. The zero-order valence-corrected chi connectivity index (χ0v) is 13.2. The molecule has 0 amide bonds. The van der Waals surface area contributed by atoms with Crippen LogP contribution in [0.1, 0.15) is 18.4 Å². The Bertz CT molecular complexity index is 720. The molecule has 0 radical (unpaired) electrons. The van der Waals surface area contributed by atoms with Crippen LogP contribution < -0.4 is 4.74 Å². The molecule has 23 heavy (non-hydrogen) atoms. The van der Waals surface area contributed by atoms with Gasteiger partial charge < -0.3 is 13.7 Å². The Morgan fingerprint density at radius 1 is 1.13 bits per heavy atom. The third-order valence-electron chi connectivity index (χ3n) is 3.30. The van der Waals surface area contributed by atoms with Crippen molar-refractivity contribution in [2.45, 2.75) is 20.0 Å². The molecule has 3 aromatic rings. The highest BCUT2D eigenvalue weighted by Crippen LogP contribution is 2.17. The number of ether oxygens (including phenoxy) is 1. The van der Waals surface area contributed by atoms with E-state index in [4.69, 9.17) is 13.7 Å². The summed E-state index contributed by atoms with van der Waals surface area (Å²) in [6.07, 6.45) is 1.59. The third kappa shape index (κ3) is 3.98. The summed E-state index contributed by atoms with van der Waals surface area (Å²) in [5, 5.41) is 3.93. The van der Waals surface area contributed by atoms with Gasteiger partial charge in [-0.3, -0.25) is 4.90 Å². The summed E-state index contributed by atoms with van der Waals surface area (Å²) in [5.74, 6) is 2.53. The molecule has 0 aliphatic heterocycles. The van der Waals surface area contributed by atoms with Gasteiger partial charge in [0.15, 0.2) is 5.76 Å². The smallest absolute Gasteiger partial charge is 0.241 e. The van der Waals surface area contributed by atoms with Crippen molar-refractivity contribution in [3.8, 4) is 17.3 Å². The maximum atomic E-state index is 5.44. The standard InChI is InChI=1S/C17H19N3O3/c1-3-21-14-8-6-13(7-9-14)11-20(2)12-16-18-17(19-23-16)15-5-4-10-22-15/h4-10H,3,11-12H2,1-2H3. The van der Waals surface area contributed by atoms with Crippen molar-refractivity contribution in [1.29, 1.82) is 0 Å². The van der Waals surface area contributed by atoms with Gasteiger partial charge in [0.25, 0.3) is 0 Å². The van der Waals surface area contributed by atoms with Gasteiger partial charge >= 0.3 is 0 Å². The van der Waals surface area contributed by atoms with Gasteiger partial charge in [-0.2, -0.15) is 4.98 Å². The maximum absolute atomic E-state index is 5.44. The largest absolute Gasteiger partial charge is 0.494 e. The number of aromatic nitrogens is 2. The fourth-order valence-electron chi connectivity index (χ4n) is 2.28. The Hall–Kier alpha value is -2.60. The monoisotopic (exact) mass is 313 g/mol. The van der Waals surface area contributed by atoms with E-state index in [1.165, 1.54) is 5.56 Å². The lowest BCUT2D eigenvalue weighted by Gasteiger charge is -2.14. The van der Waals surface area contributed by atoms with Gasteiger partial charge in [0.2, 0.25) is 11.7 Å². The zero-order chi connectivity index (χ0) is 16.1. The molecule has 0 saturated heterocycles. The van der Waals surface area contributed by atoms with Gasteiger partial charge in [-0.25, -0.2) is 0 Å². The van der Waals surface area contributed by atoms with Crippen molar-refractivity contribution >= 4 is 0 Å². The average Bonchev–Trinajstić information content (AvgIpc) is 3.20. The lowest BCUT2D eigenvalue weighted by molar-refractivity contribution is 0.260. The van der Waals surface area contributed by atoms with Crippen LogP contribution >= 0.6 is 0 Å². The van der Waals surface area contributed by atoms with Gasteiger partial charge in [-0.1, -0.05) is 17.3 Å². The second-order valence-corrected chi connectivity index (χ2v) is 5.24. The number of rotatable bonds is 7. The van der Waals surface area contributed by atoms with Crippen LogP contribution in [0.5, 0.6) is 5.75 Å². The number of nitrogens with zero attached hydrogens (tertiary/aromatic N) is 3. The molecule has 0 fully saturated rings. The van der Waals surface area contributed by atoms with Gasteiger partial charge in [-0.05, 0) is 43.8 Å². The first-order valence-corrected chi connectivity index (χ1v) is 7.51. The molecule has 0 aliphatic rings. The van der Waals surface area contributed by atoms with E-state index in [1.54, 1.807) is 18.4 Å². The van der Waals surface area contributed by atoms with Crippen LogP contribution in [0.4, 0.5) is 0 Å². The minimum Gasteiger partial charge on any atom is -0.494 e. The highest BCUT2D eigenvalue weighted by molar-refractivity contribution is 5.44. The molecule has 120 valence electrons. The second kappa shape index (κ2) is 7.11. The van der Waals surface area contributed by atoms with Crippen LogP contribution in [0.25, 0.3) is 11.6 Å². The zero-order valence-electron chi connectivity index (χ0n) is 13.2. The van der Waals surface area contributed by atoms with Crippen molar-refractivity contribution in [3.63, 3.8) is 0 Å².